The molecule has 0 aromatic rings. The van der Waals surface area contributed by atoms with E-state index in [0.29, 0.717) is 12.3 Å². The van der Waals surface area contributed by atoms with Gasteiger partial charge in [0, 0.05) is 12.5 Å². The molecule has 1 N–H and O–H groups in total. The van der Waals surface area contributed by atoms with E-state index >= 15 is 0 Å². The zero-order valence-electron chi connectivity index (χ0n) is 9.62. The third-order valence-electron chi connectivity index (χ3n) is 2.27. The monoisotopic (exact) mass is 201 g/mol. The standard InChI is InChI=1S/C11H23NO2/c1-10(2)11(14)9-12(3)7-5-4-6-8-13/h10,13H,4-9H2,1-3H3. The highest BCUT2D eigenvalue weighted by molar-refractivity contribution is 5.82. The summed E-state index contributed by atoms with van der Waals surface area (Å²) in [5.41, 5.74) is 0. The molecule has 0 aliphatic rings. The Balaban J connectivity index is 3.45. The first kappa shape index (κ1) is 13.6. The number of hydrogen-bond donors (Lipinski definition) is 1. The van der Waals surface area contributed by atoms with Crippen LogP contribution in [0.2, 0.25) is 0 Å². The van der Waals surface area contributed by atoms with E-state index in [0.717, 1.165) is 25.8 Å². The van der Waals surface area contributed by atoms with Crippen LogP contribution in [0.25, 0.3) is 0 Å². The average Bonchev–Trinajstić information content (AvgIpc) is 2.12. The van der Waals surface area contributed by atoms with Crippen molar-refractivity contribution in [2.75, 3.05) is 26.7 Å². The van der Waals surface area contributed by atoms with Gasteiger partial charge in [-0.05, 0) is 32.9 Å². The van der Waals surface area contributed by atoms with Crippen molar-refractivity contribution in [1.82, 2.24) is 4.90 Å². The van der Waals surface area contributed by atoms with Crippen LogP contribution in [-0.4, -0.2) is 42.5 Å². The van der Waals surface area contributed by atoms with E-state index in [2.05, 4.69) is 4.90 Å². The zero-order chi connectivity index (χ0) is 11.0. The minimum absolute atomic E-state index is 0.134. The van der Waals surface area contributed by atoms with Crippen molar-refractivity contribution in [3.05, 3.63) is 0 Å². The number of likely N-dealkylation sites (N-methyl/N-ethyl adjacent to an activating group) is 1. The van der Waals surface area contributed by atoms with E-state index in [9.17, 15) is 4.79 Å². The first-order valence-corrected chi connectivity index (χ1v) is 5.40. The summed E-state index contributed by atoms with van der Waals surface area (Å²) in [6.45, 7) is 5.63. The molecule has 3 heteroatoms. The van der Waals surface area contributed by atoms with Gasteiger partial charge in [0.25, 0.3) is 0 Å². The summed E-state index contributed by atoms with van der Waals surface area (Å²) in [6.07, 6.45) is 2.96. The van der Waals surface area contributed by atoms with Crippen LogP contribution in [0.15, 0.2) is 0 Å². The van der Waals surface area contributed by atoms with Gasteiger partial charge < -0.3 is 5.11 Å². The van der Waals surface area contributed by atoms with E-state index in [-0.39, 0.29) is 12.5 Å². The van der Waals surface area contributed by atoms with Gasteiger partial charge in [0.1, 0.15) is 5.78 Å². The molecule has 0 amide bonds. The average molecular weight is 201 g/mol. The molecule has 0 aliphatic carbocycles. The summed E-state index contributed by atoms with van der Waals surface area (Å²) in [5.74, 6) is 0.435. The van der Waals surface area contributed by atoms with E-state index in [1.54, 1.807) is 0 Å². The molecular formula is C11H23NO2. The fraction of sp³-hybridized carbons (Fsp3) is 0.909. The zero-order valence-corrected chi connectivity index (χ0v) is 9.62. The van der Waals surface area contributed by atoms with E-state index in [1.807, 2.05) is 20.9 Å². The molecule has 84 valence electrons. The van der Waals surface area contributed by atoms with Gasteiger partial charge >= 0.3 is 0 Å². The highest BCUT2D eigenvalue weighted by atomic mass is 16.2. The number of aliphatic hydroxyl groups is 1. The van der Waals surface area contributed by atoms with Crippen molar-refractivity contribution < 1.29 is 9.90 Å². The van der Waals surface area contributed by atoms with Gasteiger partial charge in [-0.3, -0.25) is 9.69 Å². The highest BCUT2D eigenvalue weighted by Crippen LogP contribution is 1.99. The lowest BCUT2D eigenvalue weighted by molar-refractivity contribution is -0.122. The number of aliphatic hydroxyl groups excluding tert-OH is 1. The van der Waals surface area contributed by atoms with E-state index in [4.69, 9.17) is 5.11 Å². The Morgan fingerprint density at radius 1 is 1.29 bits per heavy atom. The summed E-state index contributed by atoms with van der Waals surface area (Å²) in [6, 6.07) is 0. The van der Waals surface area contributed by atoms with Gasteiger partial charge in [-0.25, -0.2) is 0 Å². The van der Waals surface area contributed by atoms with Crippen molar-refractivity contribution >= 4 is 5.78 Å². The molecule has 0 heterocycles. The van der Waals surface area contributed by atoms with Gasteiger partial charge in [0.05, 0.1) is 6.54 Å². The Labute approximate surface area is 87.1 Å². The van der Waals surface area contributed by atoms with Gasteiger partial charge in [-0.2, -0.15) is 0 Å². The number of carbonyl (C=O) groups is 1. The molecule has 0 bridgehead atoms. The number of Topliss-reactive ketones (excluding diaryl/α,β-unsaturated/α-hetero) is 1. The number of ketones is 1. The number of nitrogens with zero attached hydrogens (tertiary/aromatic N) is 1. The van der Waals surface area contributed by atoms with Crippen LogP contribution in [0.3, 0.4) is 0 Å². The lowest BCUT2D eigenvalue weighted by atomic mass is 10.1. The molecule has 0 aliphatic heterocycles. The fourth-order valence-corrected chi connectivity index (χ4v) is 1.20. The summed E-state index contributed by atoms with van der Waals surface area (Å²) in [5, 5.41) is 8.58. The van der Waals surface area contributed by atoms with E-state index < -0.39 is 0 Å². The van der Waals surface area contributed by atoms with Crippen molar-refractivity contribution in [2.45, 2.75) is 33.1 Å². The number of unbranched alkanes of at least 4 members (excludes halogenated alkanes) is 2. The fourth-order valence-electron chi connectivity index (χ4n) is 1.20. The molecule has 0 unspecified atom stereocenters. The Bertz CT molecular complexity index is 157. The Kier molecular flexibility index (Phi) is 7.71. The molecule has 0 radical (unpaired) electrons. The Morgan fingerprint density at radius 2 is 1.93 bits per heavy atom. The third kappa shape index (κ3) is 7.04. The maximum Gasteiger partial charge on any atom is 0.149 e. The minimum atomic E-state index is 0.134. The molecule has 0 atom stereocenters. The van der Waals surface area contributed by atoms with Crippen LogP contribution >= 0.6 is 0 Å². The minimum Gasteiger partial charge on any atom is -0.396 e. The van der Waals surface area contributed by atoms with Crippen LogP contribution in [0.4, 0.5) is 0 Å². The summed E-state index contributed by atoms with van der Waals surface area (Å²) in [7, 11) is 1.97. The first-order valence-electron chi connectivity index (χ1n) is 5.40. The van der Waals surface area contributed by atoms with E-state index in [1.165, 1.54) is 0 Å². The molecular weight excluding hydrogens is 178 g/mol. The highest BCUT2D eigenvalue weighted by Gasteiger charge is 2.09. The Hall–Kier alpha value is -0.410. The van der Waals surface area contributed by atoms with Crippen molar-refractivity contribution in [2.24, 2.45) is 5.92 Å². The smallest absolute Gasteiger partial charge is 0.149 e. The second kappa shape index (κ2) is 7.94. The van der Waals surface area contributed by atoms with Crippen LogP contribution in [0, 0.1) is 5.92 Å². The number of hydrogen-bond acceptors (Lipinski definition) is 3. The lowest BCUT2D eigenvalue weighted by Crippen LogP contribution is -2.29. The molecule has 0 aromatic heterocycles. The van der Waals surface area contributed by atoms with Gasteiger partial charge in [-0.15, -0.1) is 0 Å². The predicted molar refractivity (Wildman–Crippen MR) is 58.3 cm³/mol. The van der Waals surface area contributed by atoms with Crippen LogP contribution in [0.5, 0.6) is 0 Å². The van der Waals surface area contributed by atoms with Crippen LogP contribution < -0.4 is 0 Å². The molecule has 0 rings (SSSR count). The SMILES string of the molecule is CC(C)C(=O)CN(C)CCCCCO. The molecule has 0 aromatic carbocycles. The van der Waals surface area contributed by atoms with Crippen molar-refractivity contribution in [3.63, 3.8) is 0 Å². The lowest BCUT2D eigenvalue weighted by Gasteiger charge is -2.16. The molecule has 0 saturated carbocycles. The summed E-state index contributed by atoms with van der Waals surface area (Å²) in [4.78, 5) is 13.4. The number of carbonyl (C=O) groups excluding carboxylic acids is 1. The topological polar surface area (TPSA) is 40.5 Å². The molecule has 3 nitrogen and oxygen atoms in total. The van der Waals surface area contributed by atoms with Crippen LogP contribution in [0.1, 0.15) is 33.1 Å². The van der Waals surface area contributed by atoms with Gasteiger partial charge in [0.2, 0.25) is 0 Å². The predicted octanol–water partition coefficient (Wildman–Crippen LogP) is 1.31. The third-order valence-corrected chi connectivity index (χ3v) is 2.27. The second-order valence-corrected chi connectivity index (χ2v) is 4.14. The van der Waals surface area contributed by atoms with Crippen LogP contribution in [-0.2, 0) is 4.79 Å². The van der Waals surface area contributed by atoms with Gasteiger partial charge in [-0.1, -0.05) is 13.8 Å². The molecule has 0 fully saturated rings. The van der Waals surface area contributed by atoms with Crippen molar-refractivity contribution in [1.29, 1.82) is 0 Å². The normalized spacial score (nSPS) is 11.3. The quantitative estimate of drug-likeness (QED) is 0.602. The summed E-state index contributed by atoms with van der Waals surface area (Å²) >= 11 is 0. The Morgan fingerprint density at radius 3 is 2.43 bits per heavy atom. The summed E-state index contributed by atoms with van der Waals surface area (Å²) < 4.78 is 0. The molecule has 0 spiro atoms. The molecule has 14 heavy (non-hydrogen) atoms. The molecule has 0 saturated heterocycles. The van der Waals surface area contributed by atoms with Gasteiger partial charge in [0.15, 0.2) is 0 Å². The maximum atomic E-state index is 11.4. The maximum absolute atomic E-state index is 11.4. The number of rotatable bonds is 8. The van der Waals surface area contributed by atoms with Crippen molar-refractivity contribution in [3.8, 4) is 0 Å². The second-order valence-electron chi connectivity index (χ2n) is 4.14. The first-order chi connectivity index (χ1) is 6.57. The largest absolute Gasteiger partial charge is 0.396 e.